The Morgan fingerprint density at radius 1 is 1.08 bits per heavy atom. The summed E-state index contributed by atoms with van der Waals surface area (Å²) in [7, 11) is 0. The molecule has 0 atom stereocenters. The van der Waals surface area contributed by atoms with E-state index in [1.165, 1.54) is 49.9 Å². The molecule has 0 aromatic carbocycles. The zero-order valence-electron chi connectivity index (χ0n) is 20.4. The predicted molar refractivity (Wildman–Crippen MR) is 140 cm³/mol. The van der Waals surface area contributed by atoms with Crippen LogP contribution in [0.1, 0.15) is 47.8 Å². The lowest BCUT2D eigenvalue weighted by atomic mass is 10.2. The van der Waals surface area contributed by atoms with Crippen molar-refractivity contribution in [3.05, 3.63) is 47.9 Å². The molecule has 7 rings (SSSR count). The van der Waals surface area contributed by atoms with Gasteiger partial charge in [-0.15, -0.1) is 11.3 Å². The quantitative estimate of drug-likeness (QED) is 0.366. The standard InChI is InChI=1S/C25H28N10OS/c36-24(30-22-13-37-25(31-22)23-27-14-29-32-23)18-9-20(35-12-19(28-15-35)17-3-4-17)21(10-26-18)34-7-5-33(6-8-34)11-16-1-2-16/h9-10,12-17H,1-8,11H2,(H,30,36)(H,27,29,32). The smallest absolute Gasteiger partial charge is 0.275 e. The van der Waals surface area contributed by atoms with E-state index in [2.05, 4.69) is 51.4 Å². The molecular formula is C25H28N10OS. The molecular weight excluding hydrogens is 488 g/mol. The highest BCUT2D eigenvalue weighted by Gasteiger charge is 2.29. The molecule has 1 amide bonds. The minimum Gasteiger partial charge on any atom is -0.366 e. The van der Waals surface area contributed by atoms with Gasteiger partial charge in [-0.2, -0.15) is 5.10 Å². The van der Waals surface area contributed by atoms with Gasteiger partial charge in [0.05, 0.1) is 29.6 Å². The van der Waals surface area contributed by atoms with Gasteiger partial charge in [-0.3, -0.25) is 14.8 Å². The van der Waals surface area contributed by atoms with Gasteiger partial charge in [0.25, 0.3) is 5.91 Å². The fraction of sp³-hybridized carbons (Fsp3) is 0.440. The summed E-state index contributed by atoms with van der Waals surface area (Å²) in [6, 6.07) is 1.86. The number of aromatic amines is 1. The van der Waals surface area contributed by atoms with Crippen LogP contribution >= 0.6 is 11.3 Å². The summed E-state index contributed by atoms with van der Waals surface area (Å²) in [5, 5.41) is 12.0. The van der Waals surface area contributed by atoms with Crippen LogP contribution in [0.4, 0.5) is 11.5 Å². The number of hydrogen-bond donors (Lipinski definition) is 2. The first-order valence-corrected chi connectivity index (χ1v) is 13.7. The third-order valence-electron chi connectivity index (χ3n) is 7.26. The number of nitrogens with zero attached hydrogens (tertiary/aromatic N) is 8. The first kappa shape index (κ1) is 22.5. The summed E-state index contributed by atoms with van der Waals surface area (Å²) in [6.07, 6.45) is 12.4. The molecule has 5 heterocycles. The first-order valence-electron chi connectivity index (χ1n) is 12.8. The molecule has 190 valence electrons. The molecule has 12 heteroatoms. The minimum atomic E-state index is -0.306. The van der Waals surface area contributed by atoms with Crippen LogP contribution in [-0.4, -0.2) is 78.2 Å². The van der Waals surface area contributed by atoms with E-state index in [1.54, 1.807) is 5.38 Å². The number of rotatable bonds is 8. The van der Waals surface area contributed by atoms with E-state index in [-0.39, 0.29) is 5.91 Å². The number of thiazole rings is 1. The number of amides is 1. The van der Waals surface area contributed by atoms with Gasteiger partial charge in [0.2, 0.25) is 0 Å². The number of piperazine rings is 1. The topological polar surface area (TPSA) is 121 Å². The van der Waals surface area contributed by atoms with Gasteiger partial charge in [-0.25, -0.2) is 19.9 Å². The number of H-pyrrole nitrogens is 1. The Balaban J connectivity index is 1.13. The van der Waals surface area contributed by atoms with Gasteiger partial charge in [-0.05, 0) is 37.7 Å². The SMILES string of the molecule is O=C(Nc1csc(-c2ncn[nH]2)n1)c1cc(-n2cnc(C3CC3)c2)c(N2CCN(CC3CC3)CC2)cn1. The first-order chi connectivity index (χ1) is 18.2. The lowest BCUT2D eigenvalue weighted by molar-refractivity contribution is 0.102. The van der Waals surface area contributed by atoms with E-state index in [4.69, 9.17) is 0 Å². The van der Waals surface area contributed by atoms with Crippen molar-refractivity contribution in [2.75, 3.05) is 42.9 Å². The van der Waals surface area contributed by atoms with Crippen molar-refractivity contribution in [3.63, 3.8) is 0 Å². The summed E-state index contributed by atoms with van der Waals surface area (Å²) < 4.78 is 2.04. The molecule has 2 N–H and O–H groups in total. The highest BCUT2D eigenvalue weighted by molar-refractivity contribution is 7.13. The van der Waals surface area contributed by atoms with Crippen LogP contribution in [0.5, 0.6) is 0 Å². The molecule has 2 saturated carbocycles. The number of carbonyl (C=O) groups excluding carboxylic acids is 1. The maximum absolute atomic E-state index is 13.2. The van der Waals surface area contributed by atoms with Crippen LogP contribution < -0.4 is 10.2 Å². The van der Waals surface area contributed by atoms with E-state index in [9.17, 15) is 4.79 Å². The maximum Gasteiger partial charge on any atom is 0.275 e. The Morgan fingerprint density at radius 3 is 2.70 bits per heavy atom. The second-order valence-corrected chi connectivity index (χ2v) is 11.0. The lowest BCUT2D eigenvalue weighted by Gasteiger charge is -2.36. The van der Waals surface area contributed by atoms with Gasteiger partial charge in [0, 0.05) is 50.2 Å². The predicted octanol–water partition coefficient (Wildman–Crippen LogP) is 3.17. The molecule has 0 bridgehead atoms. The van der Waals surface area contributed by atoms with Crippen molar-refractivity contribution in [1.29, 1.82) is 0 Å². The zero-order chi connectivity index (χ0) is 24.8. The lowest BCUT2D eigenvalue weighted by Crippen LogP contribution is -2.47. The number of aromatic nitrogens is 7. The molecule has 0 unspecified atom stereocenters. The van der Waals surface area contributed by atoms with Crippen molar-refractivity contribution in [1.82, 2.24) is 39.6 Å². The second kappa shape index (κ2) is 9.34. The summed E-state index contributed by atoms with van der Waals surface area (Å²) in [5.41, 5.74) is 3.41. The van der Waals surface area contributed by atoms with Crippen molar-refractivity contribution in [2.45, 2.75) is 31.6 Å². The van der Waals surface area contributed by atoms with Gasteiger partial charge in [-0.1, -0.05) is 0 Å². The van der Waals surface area contributed by atoms with E-state index in [1.807, 2.05) is 23.2 Å². The highest BCUT2D eigenvalue weighted by atomic mass is 32.1. The molecule has 0 radical (unpaired) electrons. The minimum absolute atomic E-state index is 0.306. The van der Waals surface area contributed by atoms with Crippen molar-refractivity contribution >= 4 is 28.7 Å². The van der Waals surface area contributed by atoms with Crippen LogP contribution in [-0.2, 0) is 0 Å². The summed E-state index contributed by atoms with van der Waals surface area (Å²) in [4.78, 5) is 35.9. The molecule has 3 aliphatic rings. The summed E-state index contributed by atoms with van der Waals surface area (Å²) in [5.74, 6) is 2.18. The van der Waals surface area contributed by atoms with E-state index < -0.39 is 0 Å². The van der Waals surface area contributed by atoms with Crippen molar-refractivity contribution in [3.8, 4) is 16.5 Å². The third kappa shape index (κ3) is 4.86. The number of nitrogens with one attached hydrogen (secondary N) is 2. The molecule has 1 saturated heterocycles. The third-order valence-corrected chi connectivity index (χ3v) is 8.11. The van der Waals surface area contributed by atoms with E-state index in [0.29, 0.717) is 28.3 Å². The van der Waals surface area contributed by atoms with Crippen LogP contribution in [0.15, 0.2) is 36.5 Å². The number of imidazole rings is 1. The fourth-order valence-electron chi connectivity index (χ4n) is 4.84. The largest absolute Gasteiger partial charge is 0.366 e. The normalized spacial score (nSPS) is 18.3. The second-order valence-electron chi connectivity index (χ2n) is 10.1. The number of carbonyl (C=O) groups is 1. The maximum atomic E-state index is 13.2. The Hall–Kier alpha value is -3.64. The molecule has 0 spiro atoms. The van der Waals surface area contributed by atoms with Crippen LogP contribution in [0.25, 0.3) is 16.5 Å². The number of anilines is 2. The van der Waals surface area contributed by atoms with Crippen LogP contribution in [0.2, 0.25) is 0 Å². The Bertz CT molecular complexity index is 1400. The molecule has 4 aromatic heterocycles. The van der Waals surface area contributed by atoms with E-state index >= 15 is 0 Å². The van der Waals surface area contributed by atoms with Gasteiger partial charge < -0.3 is 14.8 Å². The number of hydrogen-bond acceptors (Lipinski definition) is 9. The van der Waals surface area contributed by atoms with Crippen molar-refractivity contribution in [2.24, 2.45) is 5.92 Å². The average Bonchev–Trinajstić information content (AvgIpc) is 3.74. The van der Waals surface area contributed by atoms with Crippen molar-refractivity contribution < 1.29 is 4.79 Å². The molecule has 37 heavy (non-hydrogen) atoms. The van der Waals surface area contributed by atoms with Crippen LogP contribution in [0.3, 0.4) is 0 Å². The highest BCUT2D eigenvalue weighted by Crippen LogP contribution is 2.39. The summed E-state index contributed by atoms with van der Waals surface area (Å²) in [6.45, 7) is 5.21. The van der Waals surface area contributed by atoms with Crippen LogP contribution in [0, 0.1) is 5.92 Å². The molecule has 2 aliphatic carbocycles. The molecule has 4 aromatic rings. The molecule has 11 nitrogen and oxygen atoms in total. The molecule has 3 fully saturated rings. The molecule has 1 aliphatic heterocycles. The Kier molecular flexibility index (Phi) is 5.69. The number of pyridine rings is 1. The summed E-state index contributed by atoms with van der Waals surface area (Å²) >= 11 is 1.38. The monoisotopic (exact) mass is 516 g/mol. The van der Waals surface area contributed by atoms with Gasteiger partial charge in [0.15, 0.2) is 10.8 Å². The Labute approximate surface area is 218 Å². The van der Waals surface area contributed by atoms with Gasteiger partial charge in [0.1, 0.15) is 17.8 Å². The fourth-order valence-corrected chi connectivity index (χ4v) is 5.53. The Morgan fingerprint density at radius 2 is 1.95 bits per heavy atom. The zero-order valence-corrected chi connectivity index (χ0v) is 21.2. The van der Waals surface area contributed by atoms with E-state index in [0.717, 1.165) is 49.2 Å². The average molecular weight is 517 g/mol. The van der Waals surface area contributed by atoms with Gasteiger partial charge >= 0.3 is 0 Å².